The van der Waals surface area contributed by atoms with Gasteiger partial charge in [0, 0.05) is 30.9 Å². The van der Waals surface area contributed by atoms with Crippen LogP contribution < -0.4 is 10.6 Å². The number of carbonyl (C=O) groups excluding carboxylic acids is 1. The normalized spacial score (nSPS) is 13.1. The van der Waals surface area contributed by atoms with Gasteiger partial charge in [-0.25, -0.2) is 9.31 Å². The zero-order chi connectivity index (χ0) is 16.2. The van der Waals surface area contributed by atoms with Crippen LogP contribution in [0.2, 0.25) is 0 Å². The second kappa shape index (κ2) is 6.79. The van der Waals surface area contributed by atoms with Gasteiger partial charge < -0.3 is 15.4 Å². The number of nitrogens with zero attached hydrogens (tertiary/aromatic N) is 2. The first-order valence-corrected chi connectivity index (χ1v) is 7.46. The molecule has 2 aromatic rings. The number of hydrogen-bond donors (Lipinski definition) is 2. The number of pyridine rings is 1. The Balaban J connectivity index is 1.78. The van der Waals surface area contributed by atoms with Gasteiger partial charge in [-0.2, -0.15) is 5.10 Å². The number of hydrogen-bond acceptors (Lipinski definition) is 4. The van der Waals surface area contributed by atoms with E-state index in [4.69, 9.17) is 4.74 Å². The van der Waals surface area contributed by atoms with Crippen molar-refractivity contribution in [2.45, 2.75) is 45.9 Å². The highest BCUT2D eigenvalue weighted by Gasteiger charge is 2.16. The Hall–Kier alpha value is -2.08. The van der Waals surface area contributed by atoms with Gasteiger partial charge in [0.2, 0.25) is 0 Å². The van der Waals surface area contributed by atoms with Crippen molar-refractivity contribution in [3.63, 3.8) is 0 Å². The molecule has 2 heterocycles. The van der Waals surface area contributed by atoms with E-state index in [0.29, 0.717) is 13.1 Å². The van der Waals surface area contributed by atoms with E-state index in [-0.39, 0.29) is 6.04 Å². The Kier molecular flexibility index (Phi) is 5.03. The second-order valence-electron chi connectivity index (χ2n) is 6.36. The molecule has 0 aliphatic carbocycles. The lowest BCUT2D eigenvalue weighted by molar-refractivity contribution is 0.0523. The van der Waals surface area contributed by atoms with E-state index in [1.807, 2.05) is 62.8 Å². The number of fused-ring (bicyclic) bond motifs is 1. The molecule has 1 atom stereocenters. The number of ether oxygens (including phenoxy) is 1. The van der Waals surface area contributed by atoms with E-state index in [2.05, 4.69) is 15.7 Å². The highest BCUT2D eigenvalue weighted by molar-refractivity contribution is 5.67. The van der Waals surface area contributed by atoms with Gasteiger partial charge >= 0.3 is 6.09 Å². The molecule has 0 spiro atoms. The van der Waals surface area contributed by atoms with Crippen LogP contribution in [0.5, 0.6) is 0 Å². The van der Waals surface area contributed by atoms with Crippen LogP contribution >= 0.6 is 0 Å². The standard InChI is InChI=1S/C16H24N4O2/c1-12(9-18-15(21)22-16(2,3)4)17-10-13-11-19-20-8-6-5-7-14(13)20/h5-8,11-12,17H,9-10H2,1-4H3,(H,18,21). The quantitative estimate of drug-likeness (QED) is 0.889. The van der Waals surface area contributed by atoms with Gasteiger partial charge in [0.05, 0.1) is 11.7 Å². The topological polar surface area (TPSA) is 67.7 Å². The summed E-state index contributed by atoms with van der Waals surface area (Å²) in [6.07, 6.45) is 3.39. The van der Waals surface area contributed by atoms with Gasteiger partial charge in [0.25, 0.3) is 0 Å². The third-order valence-corrected chi connectivity index (χ3v) is 3.10. The van der Waals surface area contributed by atoms with E-state index in [0.717, 1.165) is 11.1 Å². The van der Waals surface area contributed by atoms with Gasteiger partial charge in [-0.05, 0) is 39.8 Å². The van der Waals surface area contributed by atoms with Crippen molar-refractivity contribution >= 4 is 11.6 Å². The fourth-order valence-electron chi connectivity index (χ4n) is 2.03. The monoisotopic (exact) mass is 304 g/mol. The number of nitrogens with one attached hydrogen (secondary N) is 2. The molecule has 0 saturated carbocycles. The van der Waals surface area contributed by atoms with Crippen molar-refractivity contribution in [3.05, 3.63) is 36.2 Å². The molecule has 0 fully saturated rings. The van der Waals surface area contributed by atoms with Gasteiger partial charge in [-0.1, -0.05) is 6.07 Å². The molecular weight excluding hydrogens is 280 g/mol. The lowest BCUT2D eigenvalue weighted by atomic mass is 10.2. The third-order valence-electron chi connectivity index (χ3n) is 3.10. The van der Waals surface area contributed by atoms with Crippen LogP contribution in [0.25, 0.3) is 5.52 Å². The van der Waals surface area contributed by atoms with Crippen molar-refractivity contribution in [1.29, 1.82) is 0 Å². The molecule has 2 aromatic heterocycles. The average Bonchev–Trinajstić information content (AvgIpc) is 2.84. The Morgan fingerprint density at radius 3 is 2.91 bits per heavy atom. The number of aromatic nitrogens is 2. The summed E-state index contributed by atoms with van der Waals surface area (Å²) in [5.74, 6) is 0. The molecule has 120 valence electrons. The Labute approximate surface area is 130 Å². The minimum Gasteiger partial charge on any atom is -0.444 e. The van der Waals surface area contributed by atoms with Crippen molar-refractivity contribution < 1.29 is 9.53 Å². The summed E-state index contributed by atoms with van der Waals surface area (Å²) < 4.78 is 7.05. The summed E-state index contributed by atoms with van der Waals surface area (Å²) in [4.78, 5) is 11.6. The van der Waals surface area contributed by atoms with E-state index < -0.39 is 11.7 Å². The molecule has 0 aliphatic heterocycles. The van der Waals surface area contributed by atoms with E-state index in [1.54, 1.807) is 0 Å². The number of carbonyl (C=O) groups is 1. The van der Waals surface area contributed by atoms with E-state index >= 15 is 0 Å². The maximum absolute atomic E-state index is 11.6. The zero-order valence-corrected chi connectivity index (χ0v) is 13.6. The summed E-state index contributed by atoms with van der Waals surface area (Å²) in [7, 11) is 0. The summed E-state index contributed by atoms with van der Waals surface area (Å²) >= 11 is 0. The van der Waals surface area contributed by atoms with Gasteiger partial charge in [0.15, 0.2) is 0 Å². The van der Waals surface area contributed by atoms with Crippen molar-refractivity contribution in [2.24, 2.45) is 0 Å². The average molecular weight is 304 g/mol. The van der Waals surface area contributed by atoms with Gasteiger partial charge in [-0.15, -0.1) is 0 Å². The third kappa shape index (κ3) is 4.73. The minimum absolute atomic E-state index is 0.131. The minimum atomic E-state index is -0.474. The van der Waals surface area contributed by atoms with Crippen LogP contribution in [0.1, 0.15) is 33.3 Å². The molecule has 22 heavy (non-hydrogen) atoms. The fraction of sp³-hybridized carbons (Fsp3) is 0.500. The van der Waals surface area contributed by atoms with Crippen LogP contribution in [-0.2, 0) is 11.3 Å². The Morgan fingerprint density at radius 2 is 2.18 bits per heavy atom. The highest BCUT2D eigenvalue weighted by Crippen LogP contribution is 2.09. The molecule has 1 amide bonds. The summed E-state index contributed by atoms with van der Waals surface area (Å²) in [5, 5.41) is 10.4. The molecule has 2 N–H and O–H groups in total. The molecule has 6 nitrogen and oxygen atoms in total. The summed E-state index contributed by atoms with van der Waals surface area (Å²) in [5.41, 5.74) is 1.74. The Bertz CT molecular complexity index is 630. The molecular formula is C16H24N4O2. The predicted octanol–water partition coefficient (Wildman–Crippen LogP) is 2.34. The van der Waals surface area contributed by atoms with Crippen LogP contribution in [-0.4, -0.2) is 33.9 Å². The van der Waals surface area contributed by atoms with E-state index in [9.17, 15) is 4.79 Å². The summed E-state index contributed by atoms with van der Waals surface area (Å²) in [6, 6.07) is 6.11. The number of rotatable bonds is 5. The first kappa shape index (κ1) is 16.3. The summed E-state index contributed by atoms with van der Waals surface area (Å²) in [6.45, 7) is 8.76. The zero-order valence-electron chi connectivity index (χ0n) is 13.6. The molecule has 2 rings (SSSR count). The lowest BCUT2D eigenvalue weighted by Gasteiger charge is -2.21. The van der Waals surface area contributed by atoms with Crippen molar-refractivity contribution in [1.82, 2.24) is 20.2 Å². The van der Waals surface area contributed by atoms with Crippen molar-refractivity contribution in [3.8, 4) is 0 Å². The molecule has 6 heteroatoms. The lowest BCUT2D eigenvalue weighted by Crippen LogP contribution is -2.40. The first-order valence-electron chi connectivity index (χ1n) is 7.46. The highest BCUT2D eigenvalue weighted by atomic mass is 16.6. The van der Waals surface area contributed by atoms with Gasteiger partial charge in [0.1, 0.15) is 5.60 Å². The van der Waals surface area contributed by atoms with Crippen molar-refractivity contribution in [2.75, 3.05) is 6.54 Å². The number of amides is 1. The molecule has 0 saturated heterocycles. The largest absolute Gasteiger partial charge is 0.444 e. The van der Waals surface area contributed by atoms with Crippen LogP contribution in [0.3, 0.4) is 0 Å². The molecule has 0 bridgehead atoms. The fourth-order valence-corrected chi connectivity index (χ4v) is 2.03. The maximum atomic E-state index is 11.6. The first-order chi connectivity index (χ1) is 10.3. The van der Waals surface area contributed by atoms with Crippen LogP contribution in [0.4, 0.5) is 4.79 Å². The molecule has 1 unspecified atom stereocenters. The molecule has 0 aliphatic rings. The van der Waals surface area contributed by atoms with E-state index in [1.165, 1.54) is 0 Å². The van der Waals surface area contributed by atoms with Crippen LogP contribution in [0, 0.1) is 0 Å². The Morgan fingerprint density at radius 1 is 1.41 bits per heavy atom. The molecule has 0 aromatic carbocycles. The number of alkyl carbamates (subject to hydrolysis) is 1. The SMILES string of the molecule is CC(CNC(=O)OC(C)(C)C)NCc1cnn2ccccc12. The predicted molar refractivity (Wildman–Crippen MR) is 85.7 cm³/mol. The smallest absolute Gasteiger partial charge is 0.407 e. The second-order valence-corrected chi connectivity index (χ2v) is 6.36. The van der Waals surface area contributed by atoms with Gasteiger partial charge in [-0.3, -0.25) is 0 Å². The molecule has 0 radical (unpaired) electrons. The van der Waals surface area contributed by atoms with Crippen LogP contribution in [0.15, 0.2) is 30.6 Å². The maximum Gasteiger partial charge on any atom is 0.407 e.